The van der Waals surface area contributed by atoms with Gasteiger partial charge in [-0.2, -0.15) is 0 Å². The lowest BCUT2D eigenvalue weighted by atomic mass is 10.2. The Labute approximate surface area is 175 Å². The van der Waals surface area contributed by atoms with E-state index in [1.807, 2.05) is 36.4 Å². The number of hydrogen-bond donors (Lipinski definition) is 2. The van der Waals surface area contributed by atoms with Crippen molar-refractivity contribution >= 4 is 17.6 Å². The zero-order valence-electron chi connectivity index (χ0n) is 16.6. The van der Waals surface area contributed by atoms with Gasteiger partial charge in [0.25, 0.3) is 0 Å². The monoisotopic (exact) mass is 411 g/mol. The topological polar surface area (TPSA) is 91.3 Å². The van der Waals surface area contributed by atoms with E-state index >= 15 is 0 Å². The fourth-order valence-corrected chi connectivity index (χ4v) is 3.70. The number of anilines is 1. The maximum Gasteiger partial charge on any atom is 0.318 e. The van der Waals surface area contributed by atoms with Crippen molar-refractivity contribution in [3.63, 3.8) is 0 Å². The number of benzene rings is 2. The van der Waals surface area contributed by atoms with Gasteiger partial charge >= 0.3 is 6.03 Å². The van der Waals surface area contributed by atoms with Crippen LogP contribution in [-0.2, 0) is 11.3 Å². The van der Waals surface area contributed by atoms with Crippen molar-refractivity contribution in [1.29, 1.82) is 0 Å². The number of fused-ring (bicyclic) bond motifs is 1. The van der Waals surface area contributed by atoms with Crippen LogP contribution in [0.1, 0.15) is 12.0 Å². The zero-order valence-corrected chi connectivity index (χ0v) is 16.6. The molecule has 1 saturated heterocycles. The van der Waals surface area contributed by atoms with E-state index in [2.05, 4.69) is 5.32 Å². The van der Waals surface area contributed by atoms with Gasteiger partial charge in [-0.05, 0) is 17.7 Å². The Morgan fingerprint density at radius 2 is 1.90 bits per heavy atom. The number of rotatable bonds is 6. The van der Waals surface area contributed by atoms with Crippen LogP contribution in [0.4, 0.5) is 10.5 Å². The van der Waals surface area contributed by atoms with Crippen molar-refractivity contribution in [3.05, 3.63) is 54.1 Å². The molecule has 3 amide bonds. The summed E-state index contributed by atoms with van der Waals surface area (Å²) in [5, 5.41) is 12.3. The Balaban J connectivity index is 1.40. The number of aliphatic hydroxyl groups excluding tert-OH is 1. The largest absolute Gasteiger partial charge is 0.486 e. The van der Waals surface area contributed by atoms with Gasteiger partial charge in [-0.25, -0.2) is 4.79 Å². The average Bonchev–Trinajstić information content (AvgIpc) is 3.13. The van der Waals surface area contributed by atoms with E-state index in [0.717, 1.165) is 11.3 Å². The highest BCUT2D eigenvalue weighted by Gasteiger charge is 2.33. The molecule has 1 atom stereocenters. The zero-order chi connectivity index (χ0) is 20.9. The standard InChI is InChI=1S/C22H25N3O5/c26-9-8-24(14-16-4-2-1-3-5-16)22(28)23-17-12-21(27)25(15-17)18-6-7-19-20(13-18)30-11-10-29-19/h1-7,13,17,26H,8-12,14-15H2,(H,23,28)/t17-/m0/s1. The van der Waals surface area contributed by atoms with E-state index in [9.17, 15) is 14.7 Å². The molecule has 0 saturated carbocycles. The molecule has 4 rings (SSSR count). The van der Waals surface area contributed by atoms with E-state index in [1.54, 1.807) is 21.9 Å². The molecule has 1 fully saturated rings. The molecule has 2 heterocycles. The van der Waals surface area contributed by atoms with Crippen molar-refractivity contribution < 1.29 is 24.2 Å². The first-order valence-corrected chi connectivity index (χ1v) is 10.0. The molecule has 0 aromatic heterocycles. The van der Waals surface area contributed by atoms with Gasteiger partial charge in [-0.3, -0.25) is 4.79 Å². The van der Waals surface area contributed by atoms with Gasteiger partial charge in [0.2, 0.25) is 5.91 Å². The number of aliphatic hydroxyl groups is 1. The summed E-state index contributed by atoms with van der Waals surface area (Å²) in [4.78, 5) is 28.5. The smallest absolute Gasteiger partial charge is 0.318 e. The quantitative estimate of drug-likeness (QED) is 0.756. The number of urea groups is 1. The van der Waals surface area contributed by atoms with Crippen molar-refractivity contribution in [1.82, 2.24) is 10.2 Å². The second kappa shape index (κ2) is 9.04. The number of nitrogens with zero attached hydrogens (tertiary/aromatic N) is 2. The molecule has 8 heteroatoms. The van der Waals surface area contributed by atoms with Crippen molar-refractivity contribution in [2.75, 3.05) is 37.8 Å². The summed E-state index contributed by atoms with van der Waals surface area (Å²) in [7, 11) is 0. The summed E-state index contributed by atoms with van der Waals surface area (Å²) in [6, 6.07) is 14.4. The van der Waals surface area contributed by atoms with Gasteiger partial charge < -0.3 is 29.7 Å². The highest BCUT2D eigenvalue weighted by atomic mass is 16.6. The molecule has 0 spiro atoms. The highest BCUT2D eigenvalue weighted by Crippen LogP contribution is 2.35. The normalized spacial score (nSPS) is 17.7. The predicted molar refractivity (Wildman–Crippen MR) is 111 cm³/mol. The third-order valence-corrected chi connectivity index (χ3v) is 5.16. The second-order valence-corrected chi connectivity index (χ2v) is 7.31. The Morgan fingerprint density at radius 1 is 1.13 bits per heavy atom. The summed E-state index contributed by atoms with van der Waals surface area (Å²) in [6.07, 6.45) is 0.221. The summed E-state index contributed by atoms with van der Waals surface area (Å²) in [6.45, 7) is 1.84. The third kappa shape index (κ3) is 4.49. The van der Waals surface area contributed by atoms with E-state index in [0.29, 0.717) is 37.8 Å². The number of hydrogen-bond acceptors (Lipinski definition) is 5. The molecule has 2 aliphatic heterocycles. The van der Waals surface area contributed by atoms with Crippen LogP contribution in [0.3, 0.4) is 0 Å². The predicted octanol–water partition coefficient (Wildman–Crippen LogP) is 1.77. The van der Waals surface area contributed by atoms with E-state index in [-0.39, 0.29) is 37.6 Å². The molecule has 2 aromatic rings. The fourth-order valence-electron chi connectivity index (χ4n) is 3.70. The SMILES string of the molecule is O=C(N[C@H]1CC(=O)N(c2ccc3c(c2)OCCO3)C1)N(CCO)Cc1ccccc1. The molecule has 2 N–H and O–H groups in total. The van der Waals surface area contributed by atoms with Gasteiger partial charge in [0, 0.05) is 37.8 Å². The first kappa shape index (κ1) is 20.0. The van der Waals surface area contributed by atoms with Crippen LogP contribution >= 0.6 is 0 Å². The van der Waals surface area contributed by atoms with Gasteiger partial charge in [0.15, 0.2) is 11.5 Å². The molecule has 2 aliphatic rings. The van der Waals surface area contributed by atoms with Crippen LogP contribution in [0, 0.1) is 0 Å². The molecular weight excluding hydrogens is 386 g/mol. The molecule has 0 unspecified atom stereocenters. The molecular formula is C22H25N3O5. The minimum absolute atomic E-state index is 0.0613. The molecule has 0 radical (unpaired) electrons. The molecule has 30 heavy (non-hydrogen) atoms. The fraction of sp³-hybridized carbons (Fsp3) is 0.364. The van der Waals surface area contributed by atoms with Gasteiger partial charge in [0.05, 0.1) is 12.6 Å². The van der Waals surface area contributed by atoms with Crippen LogP contribution < -0.4 is 19.7 Å². The first-order chi connectivity index (χ1) is 14.6. The lowest BCUT2D eigenvalue weighted by molar-refractivity contribution is -0.117. The summed E-state index contributed by atoms with van der Waals surface area (Å²) < 4.78 is 11.1. The van der Waals surface area contributed by atoms with Gasteiger partial charge in [0.1, 0.15) is 13.2 Å². The van der Waals surface area contributed by atoms with Crippen molar-refractivity contribution in [2.45, 2.75) is 19.0 Å². The van der Waals surface area contributed by atoms with Crippen LogP contribution in [-0.4, -0.2) is 60.9 Å². The van der Waals surface area contributed by atoms with Crippen LogP contribution in [0.5, 0.6) is 11.5 Å². The summed E-state index contributed by atoms with van der Waals surface area (Å²) in [5.41, 5.74) is 1.69. The van der Waals surface area contributed by atoms with Crippen molar-refractivity contribution in [2.24, 2.45) is 0 Å². The summed E-state index contributed by atoms with van der Waals surface area (Å²) >= 11 is 0. The maximum atomic E-state index is 12.8. The number of ether oxygens (including phenoxy) is 2. The number of nitrogens with one attached hydrogen (secondary N) is 1. The summed E-state index contributed by atoms with van der Waals surface area (Å²) in [5.74, 6) is 1.23. The Kier molecular flexibility index (Phi) is 6.04. The Morgan fingerprint density at radius 3 is 2.67 bits per heavy atom. The lowest BCUT2D eigenvalue weighted by Gasteiger charge is -2.25. The first-order valence-electron chi connectivity index (χ1n) is 10.0. The molecule has 0 aliphatic carbocycles. The second-order valence-electron chi connectivity index (χ2n) is 7.31. The number of carbonyl (C=O) groups is 2. The Bertz CT molecular complexity index is 905. The Hall–Kier alpha value is -3.26. The third-order valence-electron chi connectivity index (χ3n) is 5.16. The van der Waals surface area contributed by atoms with E-state index in [1.165, 1.54) is 0 Å². The molecule has 2 aromatic carbocycles. The van der Waals surface area contributed by atoms with E-state index in [4.69, 9.17) is 9.47 Å². The minimum atomic E-state index is -0.310. The number of amides is 3. The highest BCUT2D eigenvalue weighted by molar-refractivity contribution is 5.97. The molecule has 158 valence electrons. The van der Waals surface area contributed by atoms with Gasteiger partial charge in [-0.1, -0.05) is 30.3 Å². The number of carbonyl (C=O) groups excluding carboxylic acids is 2. The van der Waals surface area contributed by atoms with Crippen LogP contribution in [0.25, 0.3) is 0 Å². The maximum absolute atomic E-state index is 12.8. The molecule has 0 bridgehead atoms. The van der Waals surface area contributed by atoms with E-state index < -0.39 is 0 Å². The minimum Gasteiger partial charge on any atom is -0.486 e. The lowest BCUT2D eigenvalue weighted by Crippen LogP contribution is -2.46. The van der Waals surface area contributed by atoms with Crippen LogP contribution in [0.2, 0.25) is 0 Å². The van der Waals surface area contributed by atoms with Crippen molar-refractivity contribution in [3.8, 4) is 11.5 Å². The van der Waals surface area contributed by atoms with Gasteiger partial charge in [-0.15, -0.1) is 0 Å². The molecule has 8 nitrogen and oxygen atoms in total. The van der Waals surface area contributed by atoms with Crippen LogP contribution in [0.15, 0.2) is 48.5 Å². The average molecular weight is 411 g/mol.